The molecule has 2 nitrogen and oxygen atoms in total. The molecule has 0 aliphatic carbocycles. The summed E-state index contributed by atoms with van der Waals surface area (Å²) in [7, 11) is 0. The zero-order valence-corrected chi connectivity index (χ0v) is 34.1. The lowest BCUT2D eigenvalue weighted by Crippen LogP contribution is -2.35. The summed E-state index contributed by atoms with van der Waals surface area (Å²) in [5, 5.41) is 0. The van der Waals surface area contributed by atoms with Gasteiger partial charge in [-0.3, -0.25) is 4.79 Å². The molecule has 0 aromatic heterocycles. The third kappa shape index (κ3) is 33.9. The maximum Gasteiger partial charge on any atom is 0.306 e. The lowest BCUT2D eigenvalue weighted by atomic mass is 9.84. The monoisotopic (exact) mass is 677 g/mol. The third-order valence-electron chi connectivity index (χ3n) is 11.0. The van der Waals surface area contributed by atoms with Crippen LogP contribution in [0.2, 0.25) is 0 Å². The van der Waals surface area contributed by atoms with Gasteiger partial charge in [0.1, 0.15) is 5.60 Å². The van der Waals surface area contributed by atoms with E-state index in [0.29, 0.717) is 6.42 Å². The second kappa shape index (κ2) is 39.3. The van der Waals surface area contributed by atoms with E-state index in [9.17, 15) is 4.79 Å². The first-order valence-corrected chi connectivity index (χ1v) is 22.9. The van der Waals surface area contributed by atoms with Crippen molar-refractivity contribution in [3.8, 4) is 0 Å². The lowest BCUT2D eigenvalue weighted by molar-refractivity contribution is -0.163. The molecule has 0 spiro atoms. The van der Waals surface area contributed by atoms with E-state index in [4.69, 9.17) is 4.74 Å². The molecule has 0 unspecified atom stereocenters. The van der Waals surface area contributed by atoms with Crippen LogP contribution >= 0.6 is 0 Å². The highest BCUT2D eigenvalue weighted by Crippen LogP contribution is 2.34. The fraction of sp³-hybridized carbons (Fsp3) is 0.978. The molecular formula is C46H92O2. The Labute approximate surface area is 304 Å². The van der Waals surface area contributed by atoms with Crippen molar-refractivity contribution in [3.05, 3.63) is 0 Å². The van der Waals surface area contributed by atoms with Gasteiger partial charge in [-0.15, -0.1) is 0 Å². The van der Waals surface area contributed by atoms with Crippen LogP contribution in [0.1, 0.15) is 285 Å². The summed E-state index contributed by atoms with van der Waals surface area (Å²) >= 11 is 0. The first-order valence-electron chi connectivity index (χ1n) is 22.9. The summed E-state index contributed by atoms with van der Waals surface area (Å²) in [6.45, 7) is 9.20. The quantitative estimate of drug-likeness (QED) is 0.0476. The summed E-state index contributed by atoms with van der Waals surface area (Å²) in [5.74, 6) is 0.109. The van der Waals surface area contributed by atoms with E-state index >= 15 is 0 Å². The summed E-state index contributed by atoms with van der Waals surface area (Å²) in [6, 6.07) is 0. The van der Waals surface area contributed by atoms with Crippen LogP contribution in [0.25, 0.3) is 0 Å². The Balaban J connectivity index is 4.66. The Morgan fingerprint density at radius 3 is 0.771 bits per heavy atom. The smallest absolute Gasteiger partial charge is 0.306 e. The van der Waals surface area contributed by atoms with E-state index in [1.807, 2.05) is 0 Å². The molecule has 0 aliphatic heterocycles. The van der Waals surface area contributed by atoms with Crippen LogP contribution in [-0.2, 0) is 9.53 Å². The standard InChI is InChI=1S/C46H92O2/c1-5-9-13-17-21-23-24-25-26-27-28-29-31-33-37-41-45(47)48-46(42-38-34-19-15-11-7-3,43-39-35-20-16-12-8-4)44-40-36-32-30-22-18-14-10-6-2/h5-44H2,1-4H3. The van der Waals surface area contributed by atoms with Gasteiger partial charge in [-0.25, -0.2) is 0 Å². The first-order chi connectivity index (χ1) is 23.6. The van der Waals surface area contributed by atoms with E-state index in [1.165, 1.54) is 225 Å². The Morgan fingerprint density at radius 2 is 0.521 bits per heavy atom. The molecule has 0 aromatic carbocycles. The van der Waals surface area contributed by atoms with Crippen molar-refractivity contribution in [3.63, 3.8) is 0 Å². The van der Waals surface area contributed by atoms with Crippen molar-refractivity contribution in [2.45, 2.75) is 290 Å². The number of hydrogen-bond donors (Lipinski definition) is 0. The van der Waals surface area contributed by atoms with Crippen LogP contribution in [0, 0.1) is 0 Å². The molecule has 0 saturated heterocycles. The maximum atomic E-state index is 13.4. The lowest BCUT2D eigenvalue weighted by Gasteiger charge is -2.34. The van der Waals surface area contributed by atoms with Gasteiger partial charge in [-0.05, 0) is 44.9 Å². The Hall–Kier alpha value is -0.530. The van der Waals surface area contributed by atoms with Crippen molar-refractivity contribution in [1.82, 2.24) is 0 Å². The zero-order chi connectivity index (χ0) is 35.1. The van der Waals surface area contributed by atoms with Crippen LogP contribution in [0.3, 0.4) is 0 Å². The van der Waals surface area contributed by atoms with Gasteiger partial charge in [-0.2, -0.15) is 0 Å². The van der Waals surface area contributed by atoms with E-state index in [2.05, 4.69) is 27.7 Å². The molecule has 0 aliphatic rings. The number of rotatable bonds is 41. The minimum atomic E-state index is -0.205. The highest BCUT2D eigenvalue weighted by atomic mass is 16.6. The average molecular weight is 677 g/mol. The topological polar surface area (TPSA) is 26.3 Å². The van der Waals surface area contributed by atoms with Gasteiger partial charge in [0.25, 0.3) is 0 Å². The SMILES string of the molecule is CCCCCCCCCCCCCCCCCC(=O)OC(CCCCCCCC)(CCCCCCCC)CCCCCCCCCCC. The molecular weight excluding hydrogens is 585 g/mol. The van der Waals surface area contributed by atoms with Crippen LogP contribution in [0.5, 0.6) is 0 Å². The van der Waals surface area contributed by atoms with Crippen LogP contribution in [-0.4, -0.2) is 11.6 Å². The molecule has 0 rings (SSSR count). The molecule has 0 radical (unpaired) electrons. The number of hydrogen-bond acceptors (Lipinski definition) is 2. The normalized spacial score (nSPS) is 11.8. The fourth-order valence-corrected chi connectivity index (χ4v) is 7.67. The average Bonchev–Trinajstić information content (AvgIpc) is 3.08. The van der Waals surface area contributed by atoms with Gasteiger partial charge < -0.3 is 4.74 Å². The molecule has 0 bridgehead atoms. The van der Waals surface area contributed by atoms with Crippen LogP contribution in [0.15, 0.2) is 0 Å². The zero-order valence-electron chi connectivity index (χ0n) is 34.1. The summed E-state index contributed by atoms with van der Waals surface area (Å²) in [5.41, 5.74) is -0.205. The minimum Gasteiger partial charge on any atom is -0.459 e. The molecule has 0 heterocycles. The number of carbonyl (C=O) groups excluding carboxylic acids is 1. The Bertz CT molecular complexity index is 597. The van der Waals surface area contributed by atoms with Crippen LogP contribution in [0.4, 0.5) is 0 Å². The molecule has 0 N–H and O–H groups in total. The second-order valence-electron chi connectivity index (χ2n) is 16.0. The number of unbranched alkanes of at least 4 members (excludes halogenated alkanes) is 32. The van der Waals surface area contributed by atoms with E-state index < -0.39 is 0 Å². The van der Waals surface area contributed by atoms with E-state index in [1.54, 1.807) is 0 Å². The van der Waals surface area contributed by atoms with Crippen molar-refractivity contribution < 1.29 is 9.53 Å². The van der Waals surface area contributed by atoms with Crippen LogP contribution < -0.4 is 0 Å². The molecule has 48 heavy (non-hydrogen) atoms. The van der Waals surface area contributed by atoms with Crippen molar-refractivity contribution >= 4 is 5.97 Å². The van der Waals surface area contributed by atoms with Gasteiger partial charge in [-0.1, -0.05) is 233 Å². The molecule has 0 amide bonds. The molecule has 288 valence electrons. The Kier molecular flexibility index (Phi) is 38.8. The van der Waals surface area contributed by atoms with E-state index in [-0.39, 0.29) is 11.6 Å². The molecule has 0 fully saturated rings. The number of esters is 1. The van der Waals surface area contributed by atoms with Gasteiger partial charge in [0.05, 0.1) is 0 Å². The second-order valence-corrected chi connectivity index (χ2v) is 16.0. The van der Waals surface area contributed by atoms with E-state index in [0.717, 1.165) is 25.7 Å². The predicted octanol–water partition coefficient (Wildman–Crippen LogP) is 17.0. The number of ether oxygens (including phenoxy) is 1. The predicted molar refractivity (Wildman–Crippen MR) is 216 cm³/mol. The largest absolute Gasteiger partial charge is 0.459 e. The number of carbonyl (C=O) groups is 1. The maximum absolute atomic E-state index is 13.4. The molecule has 0 saturated carbocycles. The summed E-state index contributed by atoms with van der Waals surface area (Å²) < 4.78 is 6.65. The molecule has 0 aromatic rings. The summed E-state index contributed by atoms with van der Waals surface area (Å²) in [6.07, 6.45) is 52.3. The molecule has 0 atom stereocenters. The summed E-state index contributed by atoms with van der Waals surface area (Å²) in [4.78, 5) is 13.4. The first kappa shape index (κ1) is 47.5. The van der Waals surface area contributed by atoms with Gasteiger partial charge in [0, 0.05) is 6.42 Å². The van der Waals surface area contributed by atoms with Crippen molar-refractivity contribution in [2.75, 3.05) is 0 Å². The fourth-order valence-electron chi connectivity index (χ4n) is 7.67. The van der Waals surface area contributed by atoms with Gasteiger partial charge in [0.15, 0.2) is 0 Å². The highest BCUT2D eigenvalue weighted by Gasteiger charge is 2.32. The van der Waals surface area contributed by atoms with Gasteiger partial charge >= 0.3 is 5.97 Å². The van der Waals surface area contributed by atoms with Gasteiger partial charge in [0.2, 0.25) is 0 Å². The van der Waals surface area contributed by atoms with Crippen molar-refractivity contribution in [2.24, 2.45) is 0 Å². The van der Waals surface area contributed by atoms with Crippen molar-refractivity contribution in [1.29, 1.82) is 0 Å². The minimum absolute atomic E-state index is 0.109. The highest BCUT2D eigenvalue weighted by molar-refractivity contribution is 5.69. The molecule has 2 heteroatoms. The Morgan fingerprint density at radius 1 is 0.312 bits per heavy atom. The third-order valence-corrected chi connectivity index (χ3v) is 11.0.